The van der Waals surface area contributed by atoms with Gasteiger partial charge in [-0.3, -0.25) is 4.79 Å². The summed E-state index contributed by atoms with van der Waals surface area (Å²) in [6.45, 7) is 1.87. The van der Waals surface area contributed by atoms with Gasteiger partial charge < -0.3 is 4.74 Å². The van der Waals surface area contributed by atoms with Gasteiger partial charge in [0.05, 0.1) is 5.56 Å². The van der Waals surface area contributed by atoms with E-state index >= 15 is 0 Å². The van der Waals surface area contributed by atoms with Crippen molar-refractivity contribution in [3.63, 3.8) is 0 Å². The number of nitriles is 1. The van der Waals surface area contributed by atoms with Crippen molar-refractivity contribution in [1.82, 2.24) is 5.43 Å². The Morgan fingerprint density at radius 3 is 2.48 bits per heavy atom. The van der Waals surface area contributed by atoms with Crippen LogP contribution in [0.1, 0.15) is 57.4 Å². The zero-order chi connectivity index (χ0) is 18.9. The molecule has 142 valence electrons. The highest BCUT2D eigenvalue weighted by atomic mass is 16.5. The summed E-state index contributed by atoms with van der Waals surface area (Å²) in [5, 5.41) is 13.4. The van der Waals surface area contributed by atoms with Gasteiger partial charge >= 0.3 is 0 Å². The lowest BCUT2D eigenvalue weighted by atomic mass is 9.48. The zero-order valence-corrected chi connectivity index (χ0v) is 15.9. The highest BCUT2D eigenvalue weighted by Gasteiger charge is 2.50. The summed E-state index contributed by atoms with van der Waals surface area (Å²) >= 11 is 0. The molecule has 0 unspecified atom stereocenters. The molecule has 0 heterocycles. The molecular formula is C22H27N3O2. The van der Waals surface area contributed by atoms with Crippen LogP contribution in [0.4, 0.5) is 0 Å². The lowest BCUT2D eigenvalue weighted by Crippen LogP contribution is -2.46. The average molecular weight is 365 g/mol. The van der Waals surface area contributed by atoms with Crippen molar-refractivity contribution in [3.05, 3.63) is 29.8 Å². The van der Waals surface area contributed by atoms with Gasteiger partial charge in [-0.15, -0.1) is 0 Å². The number of carbonyl (C=O) groups is 1. The first-order chi connectivity index (χ1) is 13.0. The smallest absolute Gasteiger partial charge is 0.277 e. The Morgan fingerprint density at radius 2 is 1.85 bits per heavy atom. The Morgan fingerprint density at radius 1 is 1.22 bits per heavy atom. The molecule has 0 saturated heterocycles. The third-order valence-electron chi connectivity index (χ3n) is 6.53. The fourth-order valence-electron chi connectivity index (χ4n) is 6.11. The standard InChI is InChI=1S/C22H27N3O2/c1-15(9-22-10-16-6-17(11-22)8-18(7-16)12-22)24-25-21(26)14-27-20-5-3-2-4-19(20)13-23/h2-5,16-18H,6-12,14H2,1H3,(H,25,26)/b24-15+. The van der Waals surface area contributed by atoms with Crippen molar-refractivity contribution in [3.8, 4) is 11.8 Å². The van der Waals surface area contributed by atoms with Gasteiger partial charge in [-0.05, 0) is 87.2 Å². The molecule has 4 aliphatic rings. The van der Waals surface area contributed by atoms with Crippen LogP contribution in [0.3, 0.4) is 0 Å². The van der Waals surface area contributed by atoms with E-state index in [-0.39, 0.29) is 12.5 Å². The maximum Gasteiger partial charge on any atom is 0.277 e. The van der Waals surface area contributed by atoms with E-state index in [4.69, 9.17) is 10.00 Å². The zero-order valence-electron chi connectivity index (χ0n) is 15.9. The molecule has 4 bridgehead atoms. The van der Waals surface area contributed by atoms with Crippen LogP contribution in [0.2, 0.25) is 0 Å². The van der Waals surface area contributed by atoms with Crippen LogP contribution in [0.5, 0.6) is 5.75 Å². The van der Waals surface area contributed by atoms with Crippen LogP contribution >= 0.6 is 0 Å². The van der Waals surface area contributed by atoms with Gasteiger partial charge in [0, 0.05) is 5.71 Å². The number of benzene rings is 1. The molecule has 0 atom stereocenters. The maximum atomic E-state index is 12.1. The number of para-hydroxylation sites is 1. The first kappa shape index (κ1) is 18.0. The number of rotatable bonds is 6. The molecule has 1 aromatic carbocycles. The molecule has 5 rings (SSSR count). The molecule has 0 radical (unpaired) electrons. The van der Waals surface area contributed by atoms with Gasteiger partial charge in [0.25, 0.3) is 5.91 Å². The van der Waals surface area contributed by atoms with Crippen LogP contribution in [0.15, 0.2) is 29.4 Å². The van der Waals surface area contributed by atoms with Crippen molar-refractivity contribution in [1.29, 1.82) is 5.26 Å². The highest BCUT2D eigenvalue weighted by Crippen LogP contribution is 2.61. The first-order valence-corrected chi connectivity index (χ1v) is 9.99. The predicted molar refractivity (Wildman–Crippen MR) is 103 cm³/mol. The first-order valence-electron chi connectivity index (χ1n) is 9.99. The molecule has 0 aromatic heterocycles. The number of hydrogen-bond donors (Lipinski definition) is 1. The van der Waals surface area contributed by atoms with Gasteiger partial charge in [-0.1, -0.05) is 12.1 Å². The van der Waals surface area contributed by atoms with Gasteiger partial charge in [-0.2, -0.15) is 10.4 Å². The van der Waals surface area contributed by atoms with Gasteiger partial charge in [0.1, 0.15) is 11.8 Å². The molecular weight excluding hydrogens is 338 g/mol. The van der Waals surface area contributed by atoms with E-state index in [0.29, 0.717) is 16.7 Å². The van der Waals surface area contributed by atoms with Crippen LogP contribution in [0, 0.1) is 34.5 Å². The third kappa shape index (κ3) is 4.00. The summed E-state index contributed by atoms with van der Waals surface area (Å²) < 4.78 is 5.45. The monoisotopic (exact) mass is 365 g/mol. The summed E-state index contributed by atoms with van der Waals surface area (Å²) in [5.74, 6) is 2.89. The van der Waals surface area contributed by atoms with E-state index in [1.807, 2.05) is 6.92 Å². The molecule has 1 aromatic rings. The minimum atomic E-state index is -0.299. The number of nitrogens with one attached hydrogen (secondary N) is 1. The lowest BCUT2D eigenvalue weighted by Gasteiger charge is -2.57. The second-order valence-electron chi connectivity index (χ2n) is 8.87. The van der Waals surface area contributed by atoms with E-state index in [2.05, 4.69) is 16.6 Å². The number of amides is 1. The van der Waals surface area contributed by atoms with Crippen LogP contribution in [-0.4, -0.2) is 18.2 Å². The van der Waals surface area contributed by atoms with Crippen molar-refractivity contribution in [2.24, 2.45) is 28.3 Å². The normalized spacial score (nSPS) is 31.4. The maximum absolute atomic E-state index is 12.1. The molecule has 27 heavy (non-hydrogen) atoms. The number of hydrogen-bond acceptors (Lipinski definition) is 4. The van der Waals surface area contributed by atoms with Gasteiger partial charge in [0.2, 0.25) is 0 Å². The quantitative estimate of drug-likeness (QED) is 0.611. The Hall–Kier alpha value is -2.35. The third-order valence-corrected chi connectivity index (χ3v) is 6.53. The van der Waals surface area contributed by atoms with Crippen molar-refractivity contribution in [2.75, 3.05) is 6.61 Å². The Labute approximate surface area is 160 Å². The molecule has 1 amide bonds. The van der Waals surface area contributed by atoms with E-state index in [1.54, 1.807) is 24.3 Å². The number of carbonyl (C=O) groups excluding carboxylic acids is 1. The lowest BCUT2D eigenvalue weighted by molar-refractivity contribution is -0.123. The molecule has 1 N–H and O–H groups in total. The second-order valence-corrected chi connectivity index (χ2v) is 8.87. The van der Waals surface area contributed by atoms with Crippen LogP contribution in [-0.2, 0) is 4.79 Å². The Bertz CT molecular complexity index is 758. The molecule has 5 nitrogen and oxygen atoms in total. The minimum absolute atomic E-state index is 0.146. The number of ether oxygens (including phenoxy) is 1. The van der Waals surface area contributed by atoms with Crippen LogP contribution in [0.25, 0.3) is 0 Å². The van der Waals surface area contributed by atoms with E-state index < -0.39 is 0 Å². The molecule has 0 aliphatic heterocycles. The average Bonchev–Trinajstić information content (AvgIpc) is 2.63. The Kier molecular flexibility index (Phi) is 4.90. The van der Waals surface area contributed by atoms with Crippen molar-refractivity contribution in [2.45, 2.75) is 51.9 Å². The fraction of sp³-hybridized carbons (Fsp3) is 0.591. The van der Waals surface area contributed by atoms with Crippen molar-refractivity contribution >= 4 is 11.6 Å². The van der Waals surface area contributed by atoms with E-state index in [9.17, 15) is 4.79 Å². The largest absolute Gasteiger partial charge is 0.482 e. The molecule has 4 saturated carbocycles. The summed E-state index contributed by atoms with van der Waals surface area (Å²) in [6.07, 6.45) is 9.33. The summed E-state index contributed by atoms with van der Waals surface area (Å²) in [5.41, 5.74) is 4.47. The minimum Gasteiger partial charge on any atom is -0.482 e. The Balaban J connectivity index is 1.29. The van der Waals surface area contributed by atoms with Crippen molar-refractivity contribution < 1.29 is 9.53 Å². The van der Waals surface area contributed by atoms with Gasteiger partial charge in [-0.25, -0.2) is 5.43 Å². The molecule has 5 heteroatoms. The molecule has 4 fully saturated rings. The summed E-state index contributed by atoms with van der Waals surface area (Å²) in [7, 11) is 0. The summed E-state index contributed by atoms with van der Waals surface area (Å²) in [6, 6.07) is 8.96. The number of hydrazone groups is 1. The fourth-order valence-corrected chi connectivity index (χ4v) is 6.11. The molecule has 4 aliphatic carbocycles. The van der Waals surface area contributed by atoms with Gasteiger partial charge in [0.15, 0.2) is 6.61 Å². The predicted octanol–water partition coefficient (Wildman–Crippen LogP) is 4.04. The SMILES string of the molecule is C/C(CC12CC3CC(CC(C3)C1)C2)=N\NC(=O)COc1ccccc1C#N. The second kappa shape index (κ2) is 7.34. The highest BCUT2D eigenvalue weighted by molar-refractivity contribution is 5.85. The molecule has 0 spiro atoms. The topological polar surface area (TPSA) is 74.5 Å². The van der Waals surface area contributed by atoms with E-state index in [1.165, 1.54) is 38.5 Å². The van der Waals surface area contributed by atoms with E-state index in [0.717, 1.165) is 29.9 Å². The number of nitrogens with zero attached hydrogens (tertiary/aromatic N) is 2. The van der Waals surface area contributed by atoms with Crippen LogP contribution < -0.4 is 10.2 Å². The summed E-state index contributed by atoms with van der Waals surface area (Å²) in [4.78, 5) is 12.1.